The molecule has 2 aromatic heterocycles. The average molecular weight is 384 g/mol. The molecule has 28 heavy (non-hydrogen) atoms. The van der Waals surface area contributed by atoms with Gasteiger partial charge in [-0.1, -0.05) is 19.4 Å². The number of H-pyrrole nitrogens is 1. The minimum absolute atomic E-state index is 0.221. The van der Waals surface area contributed by atoms with E-state index in [1.54, 1.807) is 18.7 Å². The van der Waals surface area contributed by atoms with Crippen molar-refractivity contribution in [2.45, 2.75) is 39.3 Å². The van der Waals surface area contributed by atoms with Crippen molar-refractivity contribution >= 4 is 22.8 Å². The van der Waals surface area contributed by atoms with E-state index in [0.29, 0.717) is 17.7 Å². The third kappa shape index (κ3) is 2.80. The van der Waals surface area contributed by atoms with Gasteiger partial charge in [0.05, 0.1) is 20.2 Å². The standard InChI is InChI=1S/C20H25N5O3/c1-4-5-10-25-18(26)16-17(22(2)20(25)27)21-19-23(11-7-12-24(16)19)14-8-6-9-15(13-14)28-3/h6,8-9,13H,4-5,7,10-12H2,1-3H3/p+1. The quantitative estimate of drug-likeness (QED) is 0.679. The van der Waals surface area contributed by atoms with E-state index in [1.807, 2.05) is 35.8 Å². The zero-order chi connectivity index (χ0) is 19.8. The van der Waals surface area contributed by atoms with Crippen LogP contribution in [0.15, 0.2) is 33.9 Å². The number of hydrogen-bond donors (Lipinski definition) is 1. The molecule has 1 aliphatic rings. The first-order chi connectivity index (χ1) is 13.6. The van der Waals surface area contributed by atoms with Crippen molar-refractivity contribution in [3.63, 3.8) is 0 Å². The van der Waals surface area contributed by atoms with Crippen molar-refractivity contribution in [3.05, 3.63) is 45.1 Å². The zero-order valence-electron chi connectivity index (χ0n) is 16.6. The Morgan fingerprint density at radius 3 is 2.86 bits per heavy atom. The fraction of sp³-hybridized carbons (Fsp3) is 0.450. The molecule has 0 unspecified atom stereocenters. The van der Waals surface area contributed by atoms with Gasteiger partial charge < -0.3 is 4.74 Å². The average Bonchev–Trinajstić information content (AvgIpc) is 3.12. The van der Waals surface area contributed by atoms with Gasteiger partial charge in [-0.15, -0.1) is 0 Å². The molecule has 0 saturated carbocycles. The molecule has 0 spiro atoms. The first-order valence-corrected chi connectivity index (χ1v) is 9.73. The number of aromatic nitrogens is 4. The van der Waals surface area contributed by atoms with Gasteiger partial charge in [0.25, 0.3) is 5.56 Å². The third-order valence-electron chi connectivity index (χ3n) is 5.40. The molecule has 8 heteroatoms. The Morgan fingerprint density at radius 1 is 1.29 bits per heavy atom. The van der Waals surface area contributed by atoms with E-state index in [1.165, 1.54) is 4.57 Å². The van der Waals surface area contributed by atoms with Crippen LogP contribution >= 0.6 is 0 Å². The van der Waals surface area contributed by atoms with Gasteiger partial charge in [-0.05, 0) is 18.6 Å². The van der Waals surface area contributed by atoms with Crippen LogP contribution in [-0.4, -0.2) is 27.8 Å². The summed E-state index contributed by atoms with van der Waals surface area (Å²) in [5.74, 6) is 1.59. The summed E-state index contributed by atoms with van der Waals surface area (Å²) >= 11 is 0. The molecule has 4 rings (SSSR count). The Labute approximate surface area is 162 Å². The van der Waals surface area contributed by atoms with E-state index in [9.17, 15) is 9.59 Å². The van der Waals surface area contributed by atoms with Gasteiger partial charge in [-0.3, -0.25) is 13.9 Å². The number of aryl methyl sites for hydroxylation is 2. The van der Waals surface area contributed by atoms with Crippen LogP contribution in [0, 0.1) is 0 Å². The van der Waals surface area contributed by atoms with Crippen LogP contribution in [0.4, 0.5) is 11.6 Å². The summed E-state index contributed by atoms with van der Waals surface area (Å²) in [6.07, 6.45) is 2.63. The second-order valence-electron chi connectivity index (χ2n) is 7.16. The van der Waals surface area contributed by atoms with Gasteiger partial charge in [0, 0.05) is 26.1 Å². The van der Waals surface area contributed by atoms with E-state index >= 15 is 0 Å². The predicted octanol–water partition coefficient (Wildman–Crippen LogP) is 1.67. The Hall–Kier alpha value is -3.03. The molecule has 0 saturated heterocycles. The SMILES string of the molecule is CCCCn1c(=O)c2c([nH]c3[n+]2CCCN3c2cccc(OC)c2)n(C)c1=O. The number of methoxy groups -OCH3 is 1. The topological polar surface area (TPSA) is 76.1 Å². The number of benzene rings is 1. The highest BCUT2D eigenvalue weighted by Gasteiger charge is 2.33. The molecular weight excluding hydrogens is 358 g/mol. The summed E-state index contributed by atoms with van der Waals surface area (Å²) < 4.78 is 10.3. The number of hydrogen-bond acceptors (Lipinski definition) is 4. The molecule has 1 aliphatic heterocycles. The minimum atomic E-state index is -0.280. The highest BCUT2D eigenvalue weighted by Crippen LogP contribution is 2.28. The van der Waals surface area contributed by atoms with Gasteiger partial charge in [0.1, 0.15) is 11.4 Å². The zero-order valence-corrected chi connectivity index (χ0v) is 16.6. The maximum absolute atomic E-state index is 13.2. The second-order valence-corrected chi connectivity index (χ2v) is 7.16. The van der Waals surface area contributed by atoms with Gasteiger partial charge >= 0.3 is 11.6 Å². The number of fused-ring (bicyclic) bond motifs is 3. The van der Waals surface area contributed by atoms with Crippen LogP contribution in [0.5, 0.6) is 5.75 Å². The van der Waals surface area contributed by atoms with Crippen molar-refractivity contribution in [1.82, 2.24) is 14.1 Å². The second kappa shape index (κ2) is 7.18. The Kier molecular flexibility index (Phi) is 4.70. The molecule has 0 aliphatic carbocycles. The fourth-order valence-corrected chi connectivity index (χ4v) is 3.88. The lowest BCUT2D eigenvalue weighted by Crippen LogP contribution is -2.49. The lowest BCUT2D eigenvalue weighted by molar-refractivity contribution is -0.663. The first kappa shape index (κ1) is 18.3. The highest BCUT2D eigenvalue weighted by molar-refractivity contribution is 5.70. The van der Waals surface area contributed by atoms with Crippen LogP contribution in [0.1, 0.15) is 26.2 Å². The van der Waals surface area contributed by atoms with E-state index in [-0.39, 0.29) is 11.2 Å². The predicted molar refractivity (Wildman–Crippen MR) is 108 cm³/mol. The number of imidazole rings is 1. The van der Waals surface area contributed by atoms with Crippen molar-refractivity contribution in [2.24, 2.45) is 7.05 Å². The first-order valence-electron chi connectivity index (χ1n) is 9.73. The van der Waals surface area contributed by atoms with Crippen LogP contribution in [0.3, 0.4) is 0 Å². The number of nitrogens with one attached hydrogen (secondary N) is 1. The van der Waals surface area contributed by atoms with Crippen molar-refractivity contribution in [1.29, 1.82) is 0 Å². The molecule has 1 N–H and O–H groups in total. The number of unbranched alkanes of at least 4 members (excludes halogenated alkanes) is 1. The number of nitrogens with zero attached hydrogens (tertiary/aromatic N) is 4. The van der Waals surface area contributed by atoms with Crippen LogP contribution in [0.2, 0.25) is 0 Å². The van der Waals surface area contributed by atoms with E-state index in [0.717, 1.165) is 49.7 Å². The molecule has 8 nitrogen and oxygen atoms in total. The molecule has 148 valence electrons. The minimum Gasteiger partial charge on any atom is -0.497 e. The Balaban J connectivity index is 1.93. The summed E-state index contributed by atoms with van der Waals surface area (Å²) in [6, 6.07) is 7.84. The molecule has 0 radical (unpaired) electrons. The number of ether oxygens (including phenoxy) is 1. The summed E-state index contributed by atoms with van der Waals surface area (Å²) in [5.41, 5.74) is 1.60. The number of aromatic amines is 1. The highest BCUT2D eigenvalue weighted by atomic mass is 16.5. The Bertz CT molecular complexity index is 1140. The fourth-order valence-electron chi connectivity index (χ4n) is 3.88. The maximum atomic E-state index is 13.2. The van der Waals surface area contributed by atoms with Crippen LogP contribution < -0.4 is 25.5 Å². The molecule has 1 aromatic carbocycles. The largest absolute Gasteiger partial charge is 0.497 e. The Morgan fingerprint density at radius 2 is 2.11 bits per heavy atom. The van der Waals surface area contributed by atoms with Crippen LogP contribution in [-0.2, 0) is 20.1 Å². The number of rotatable bonds is 5. The smallest absolute Gasteiger partial charge is 0.364 e. The van der Waals surface area contributed by atoms with E-state index in [4.69, 9.17) is 4.74 Å². The summed E-state index contributed by atoms with van der Waals surface area (Å²) in [6.45, 7) is 4.04. The molecule has 0 amide bonds. The summed E-state index contributed by atoms with van der Waals surface area (Å²) in [4.78, 5) is 31.3. The van der Waals surface area contributed by atoms with Gasteiger partial charge in [-0.25, -0.2) is 19.2 Å². The molecule has 0 fully saturated rings. The summed E-state index contributed by atoms with van der Waals surface area (Å²) in [7, 11) is 3.36. The normalized spacial score (nSPS) is 13.8. The van der Waals surface area contributed by atoms with Gasteiger partial charge in [0.15, 0.2) is 0 Å². The molecule has 3 aromatic rings. The van der Waals surface area contributed by atoms with Gasteiger partial charge in [0.2, 0.25) is 11.2 Å². The van der Waals surface area contributed by atoms with Crippen molar-refractivity contribution in [2.75, 3.05) is 18.6 Å². The molecule has 3 heterocycles. The van der Waals surface area contributed by atoms with Crippen molar-refractivity contribution in [3.8, 4) is 5.75 Å². The molecule has 0 atom stereocenters. The van der Waals surface area contributed by atoms with Gasteiger partial charge in [-0.2, -0.15) is 0 Å². The lowest BCUT2D eigenvalue weighted by Gasteiger charge is -2.22. The monoisotopic (exact) mass is 384 g/mol. The van der Waals surface area contributed by atoms with E-state index < -0.39 is 0 Å². The van der Waals surface area contributed by atoms with Crippen molar-refractivity contribution < 1.29 is 9.30 Å². The van der Waals surface area contributed by atoms with Crippen LogP contribution in [0.25, 0.3) is 11.2 Å². The van der Waals surface area contributed by atoms with E-state index in [2.05, 4.69) is 9.88 Å². The lowest BCUT2D eigenvalue weighted by atomic mass is 10.2. The third-order valence-corrected chi connectivity index (χ3v) is 5.40. The number of anilines is 2. The maximum Gasteiger partial charge on any atom is 0.364 e. The summed E-state index contributed by atoms with van der Waals surface area (Å²) in [5, 5.41) is 0. The molecular formula is C20H26N5O3+. The molecule has 0 bridgehead atoms.